The number of benzene rings is 2. The molecule has 8 heteroatoms. The van der Waals surface area contributed by atoms with Crippen molar-refractivity contribution in [3.63, 3.8) is 0 Å². The highest BCUT2D eigenvalue weighted by Crippen LogP contribution is 2.26. The molecule has 6 nitrogen and oxygen atoms in total. The number of amides is 1. The molecule has 0 unspecified atom stereocenters. The third kappa shape index (κ3) is 4.94. The molecule has 1 atom stereocenters. The van der Waals surface area contributed by atoms with E-state index < -0.39 is 10.0 Å². The lowest BCUT2D eigenvalue weighted by Gasteiger charge is -2.31. The standard InChI is InChI=1S/C21H25FN2O4S/c1-15(16-3-5-18(22)6-4-16)23-21(25)17-11-13-24(14-12-17)29(26,27)20-9-7-19(28-2)8-10-20/h3-10,15,17H,11-14H2,1-2H3,(H,23,25)/t15-/m1/s1. The maximum Gasteiger partial charge on any atom is 0.243 e. The van der Waals surface area contributed by atoms with Gasteiger partial charge in [0, 0.05) is 19.0 Å². The summed E-state index contributed by atoms with van der Waals surface area (Å²) >= 11 is 0. The van der Waals surface area contributed by atoms with Crippen LogP contribution >= 0.6 is 0 Å². The van der Waals surface area contributed by atoms with Gasteiger partial charge in [0.2, 0.25) is 15.9 Å². The monoisotopic (exact) mass is 420 g/mol. The minimum absolute atomic E-state index is 0.108. The summed E-state index contributed by atoms with van der Waals surface area (Å²) in [7, 11) is -2.07. The van der Waals surface area contributed by atoms with Gasteiger partial charge in [0.05, 0.1) is 18.0 Å². The normalized spacial score (nSPS) is 16.9. The molecule has 29 heavy (non-hydrogen) atoms. The molecule has 2 aromatic rings. The van der Waals surface area contributed by atoms with E-state index in [9.17, 15) is 17.6 Å². The topological polar surface area (TPSA) is 75.7 Å². The van der Waals surface area contributed by atoms with Crippen molar-refractivity contribution in [2.45, 2.75) is 30.7 Å². The lowest BCUT2D eigenvalue weighted by Crippen LogP contribution is -2.43. The molecular weight excluding hydrogens is 395 g/mol. The third-order valence-electron chi connectivity index (χ3n) is 5.25. The number of nitrogens with one attached hydrogen (secondary N) is 1. The molecule has 1 heterocycles. The molecule has 0 aromatic heterocycles. The first-order valence-electron chi connectivity index (χ1n) is 9.51. The molecule has 1 saturated heterocycles. The van der Waals surface area contributed by atoms with E-state index >= 15 is 0 Å². The molecule has 1 fully saturated rings. The minimum atomic E-state index is -3.60. The molecule has 1 N–H and O–H groups in total. The Labute approximate surface area is 170 Å². The SMILES string of the molecule is COc1ccc(S(=O)(=O)N2CCC(C(=O)N[C@H](C)c3ccc(F)cc3)CC2)cc1. The quantitative estimate of drug-likeness (QED) is 0.779. The summed E-state index contributed by atoms with van der Waals surface area (Å²) in [6.45, 7) is 2.42. The van der Waals surface area contributed by atoms with Crippen LogP contribution in [0.15, 0.2) is 53.4 Å². The van der Waals surface area contributed by atoms with Crippen LogP contribution in [0.1, 0.15) is 31.4 Å². The van der Waals surface area contributed by atoms with Crippen molar-refractivity contribution in [3.05, 3.63) is 59.9 Å². The van der Waals surface area contributed by atoms with Gasteiger partial charge in [-0.25, -0.2) is 12.8 Å². The van der Waals surface area contributed by atoms with E-state index in [1.807, 2.05) is 6.92 Å². The minimum Gasteiger partial charge on any atom is -0.497 e. The van der Waals surface area contributed by atoms with Gasteiger partial charge < -0.3 is 10.1 Å². The first-order valence-corrected chi connectivity index (χ1v) is 11.0. The molecule has 0 saturated carbocycles. The Morgan fingerprint density at radius 1 is 1.10 bits per heavy atom. The first kappa shape index (κ1) is 21.3. The highest BCUT2D eigenvalue weighted by Gasteiger charge is 2.32. The van der Waals surface area contributed by atoms with Gasteiger partial charge in [-0.05, 0) is 61.7 Å². The number of piperidine rings is 1. The maximum absolute atomic E-state index is 13.0. The largest absolute Gasteiger partial charge is 0.497 e. The molecule has 1 aliphatic heterocycles. The van der Waals surface area contributed by atoms with Crippen molar-refractivity contribution in [3.8, 4) is 5.75 Å². The fourth-order valence-corrected chi connectivity index (χ4v) is 4.89. The van der Waals surface area contributed by atoms with E-state index in [4.69, 9.17) is 4.74 Å². The van der Waals surface area contributed by atoms with Crippen LogP contribution < -0.4 is 10.1 Å². The summed E-state index contributed by atoms with van der Waals surface area (Å²) in [6, 6.07) is 12.0. The summed E-state index contributed by atoms with van der Waals surface area (Å²) in [4.78, 5) is 12.8. The second-order valence-electron chi connectivity index (χ2n) is 7.14. The zero-order chi connectivity index (χ0) is 21.0. The van der Waals surface area contributed by atoms with Crippen molar-refractivity contribution in [2.75, 3.05) is 20.2 Å². The predicted octanol–water partition coefficient (Wildman–Crippen LogP) is 3.11. The van der Waals surface area contributed by atoms with Gasteiger partial charge in [-0.2, -0.15) is 4.31 Å². The highest BCUT2D eigenvalue weighted by atomic mass is 32.2. The smallest absolute Gasteiger partial charge is 0.243 e. The van der Waals surface area contributed by atoms with Crippen molar-refractivity contribution in [1.29, 1.82) is 0 Å². The summed E-state index contributed by atoms with van der Waals surface area (Å²) in [5, 5.41) is 2.94. The van der Waals surface area contributed by atoms with E-state index in [0.29, 0.717) is 18.6 Å². The van der Waals surface area contributed by atoms with Crippen LogP contribution in [-0.4, -0.2) is 38.8 Å². The van der Waals surface area contributed by atoms with Crippen molar-refractivity contribution in [2.24, 2.45) is 5.92 Å². The average Bonchev–Trinajstić information content (AvgIpc) is 2.74. The van der Waals surface area contributed by atoms with Crippen LogP contribution in [0.25, 0.3) is 0 Å². The maximum atomic E-state index is 13.0. The molecule has 0 aliphatic carbocycles. The molecule has 1 amide bonds. The van der Waals surface area contributed by atoms with Gasteiger partial charge in [-0.15, -0.1) is 0 Å². The molecule has 2 aromatic carbocycles. The second-order valence-corrected chi connectivity index (χ2v) is 9.07. The van der Waals surface area contributed by atoms with E-state index in [1.165, 1.54) is 35.7 Å². The number of ether oxygens (including phenoxy) is 1. The van der Waals surface area contributed by atoms with Gasteiger partial charge >= 0.3 is 0 Å². The number of nitrogens with zero attached hydrogens (tertiary/aromatic N) is 1. The van der Waals surface area contributed by atoms with Crippen LogP contribution in [0.3, 0.4) is 0 Å². The van der Waals surface area contributed by atoms with Gasteiger partial charge in [0.25, 0.3) is 0 Å². The van der Waals surface area contributed by atoms with Crippen LogP contribution in [-0.2, 0) is 14.8 Å². The van der Waals surface area contributed by atoms with Crippen LogP contribution in [0.4, 0.5) is 4.39 Å². The Kier molecular flexibility index (Phi) is 6.54. The fraction of sp³-hybridized carbons (Fsp3) is 0.381. The van der Waals surface area contributed by atoms with Crippen LogP contribution in [0.5, 0.6) is 5.75 Å². The van der Waals surface area contributed by atoms with Crippen molar-refractivity contribution >= 4 is 15.9 Å². The summed E-state index contributed by atoms with van der Waals surface area (Å²) < 4.78 is 45.1. The van der Waals surface area contributed by atoms with E-state index in [2.05, 4.69) is 5.32 Å². The van der Waals surface area contributed by atoms with Crippen LogP contribution in [0.2, 0.25) is 0 Å². The number of hydrogen-bond donors (Lipinski definition) is 1. The predicted molar refractivity (Wildman–Crippen MR) is 107 cm³/mol. The highest BCUT2D eigenvalue weighted by molar-refractivity contribution is 7.89. The Morgan fingerprint density at radius 3 is 2.24 bits per heavy atom. The van der Waals surface area contributed by atoms with Gasteiger partial charge in [0.15, 0.2) is 0 Å². The molecule has 156 valence electrons. The van der Waals surface area contributed by atoms with E-state index in [0.717, 1.165) is 5.56 Å². The average molecular weight is 421 g/mol. The first-order chi connectivity index (χ1) is 13.8. The molecule has 0 radical (unpaired) electrons. The number of rotatable bonds is 6. The number of sulfonamides is 1. The van der Waals surface area contributed by atoms with Crippen molar-refractivity contribution < 1.29 is 22.3 Å². The summed E-state index contributed by atoms with van der Waals surface area (Å²) in [5.74, 6) is -0.0872. The van der Waals surface area contributed by atoms with Gasteiger partial charge in [-0.3, -0.25) is 4.79 Å². The zero-order valence-electron chi connectivity index (χ0n) is 16.5. The van der Waals surface area contributed by atoms with Gasteiger partial charge in [0.1, 0.15) is 11.6 Å². The van der Waals surface area contributed by atoms with Gasteiger partial charge in [-0.1, -0.05) is 12.1 Å². The summed E-state index contributed by atoms with van der Waals surface area (Å²) in [6.07, 6.45) is 0.911. The Balaban J connectivity index is 1.57. The number of halogens is 1. The second kappa shape index (κ2) is 8.92. The Hall–Kier alpha value is -2.45. The molecule has 0 bridgehead atoms. The fourth-order valence-electron chi connectivity index (χ4n) is 3.42. The number of methoxy groups -OCH3 is 1. The number of hydrogen-bond acceptors (Lipinski definition) is 4. The Morgan fingerprint density at radius 2 is 1.69 bits per heavy atom. The molecule has 0 spiro atoms. The van der Waals surface area contributed by atoms with E-state index in [1.54, 1.807) is 24.3 Å². The van der Waals surface area contributed by atoms with Crippen LogP contribution in [0, 0.1) is 11.7 Å². The summed E-state index contributed by atoms with van der Waals surface area (Å²) in [5.41, 5.74) is 0.819. The third-order valence-corrected chi connectivity index (χ3v) is 7.16. The molecule has 1 aliphatic rings. The van der Waals surface area contributed by atoms with E-state index in [-0.39, 0.29) is 41.7 Å². The number of carbonyl (C=O) groups is 1. The number of carbonyl (C=O) groups excluding carboxylic acids is 1. The molecule has 3 rings (SSSR count). The molecular formula is C21H25FN2O4S. The Bertz CT molecular complexity index is 938. The lowest BCUT2D eigenvalue weighted by molar-refractivity contribution is -0.126. The van der Waals surface area contributed by atoms with Crippen molar-refractivity contribution in [1.82, 2.24) is 9.62 Å². The lowest BCUT2D eigenvalue weighted by atomic mass is 9.96. The zero-order valence-corrected chi connectivity index (χ0v) is 17.3.